The Hall–Kier alpha value is -1.98. The van der Waals surface area contributed by atoms with Crippen LogP contribution in [0, 0.1) is 11.6 Å². The van der Waals surface area contributed by atoms with Crippen LogP contribution in [0.15, 0.2) is 12.1 Å². The quantitative estimate of drug-likeness (QED) is 0.760. The van der Waals surface area contributed by atoms with E-state index in [9.17, 15) is 18.4 Å². The Kier molecular flexibility index (Phi) is 2.99. The Morgan fingerprint density at radius 3 is 2.07 bits per heavy atom. The van der Waals surface area contributed by atoms with Crippen LogP contribution in [0.25, 0.3) is 0 Å². The molecule has 0 amide bonds. The highest BCUT2D eigenvalue weighted by Gasteiger charge is 2.20. The number of aromatic carboxylic acids is 1. The molecule has 0 aromatic heterocycles. The minimum absolute atomic E-state index is 0.377. The number of benzene rings is 1. The first kappa shape index (κ1) is 11.1. The first-order chi connectivity index (χ1) is 6.97. The predicted octanol–water partition coefficient (Wildman–Crippen LogP) is 1.45. The molecule has 4 nitrogen and oxygen atoms in total. The molecule has 1 aromatic rings. The fourth-order valence-electron chi connectivity index (χ4n) is 1.01. The maximum Gasteiger partial charge on any atom is 0.341 e. The van der Waals surface area contributed by atoms with Gasteiger partial charge in [-0.3, -0.25) is 0 Å². The molecule has 0 fully saturated rings. The second-order valence-corrected chi connectivity index (χ2v) is 2.61. The van der Waals surface area contributed by atoms with Crippen LogP contribution in [0.2, 0.25) is 0 Å². The molecule has 1 aromatic carbocycles. The Balaban J connectivity index is 3.31. The summed E-state index contributed by atoms with van der Waals surface area (Å²) in [4.78, 5) is 21.3. The number of carbonyl (C=O) groups is 2. The lowest BCUT2D eigenvalue weighted by atomic mass is 10.1. The van der Waals surface area contributed by atoms with Gasteiger partial charge in [-0.15, -0.1) is 0 Å². The van der Waals surface area contributed by atoms with Crippen LogP contribution < -0.4 is 0 Å². The minimum Gasteiger partial charge on any atom is -0.477 e. The van der Waals surface area contributed by atoms with Gasteiger partial charge < -0.3 is 9.84 Å². The van der Waals surface area contributed by atoms with Gasteiger partial charge in [-0.2, -0.15) is 0 Å². The number of hydrogen-bond donors (Lipinski definition) is 1. The number of ether oxygens (including phenoxy) is 1. The SMILES string of the molecule is COC(=O)c1cc(F)c(C(=O)O)c(F)c1. The molecule has 15 heavy (non-hydrogen) atoms. The monoisotopic (exact) mass is 216 g/mol. The average Bonchev–Trinajstić information content (AvgIpc) is 2.14. The Morgan fingerprint density at radius 1 is 1.27 bits per heavy atom. The van der Waals surface area contributed by atoms with Crippen molar-refractivity contribution in [1.29, 1.82) is 0 Å². The zero-order chi connectivity index (χ0) is 11.6. The molecule has 0 unspecified atom stereocenters. The van der Waals surface area contributed by atoms with Crippen LogP contribution in [-0.4, -0.2) is 24.2 Å². The molecule has 0 aliphatic heterocycles. The highest BCUT2D eigenvalue weighted by molar-refractivity contribution is 5.93. The van der Waals surface area contributed by atoms with E-state index in [-0.39, 0.29) is 5.56 Å². The number of carboxylic acid groups (broad SMARTS) is 1. The molecule has 80 valence electrons. The minimum atomic E-state index is -1.73. The Labute approximate surface area is 83.1 Å². The van der Waals surface area contributed by atoms with Crippen LogP contribution in [0.1, 0.15) is 20.7 Å². The number of esters is 1. The van der Waals surface area contributed by atoms with Gasteiger partial charge in [-0.1, -0.05) is 0 Å². The van der Waals surface area contributed by atoms with E-state index in [0.29, 0.717) is 12.1 Å². The summed E-state index contributed by atoms with van der Waals surface area (Å²) in [6.07, 6.45) is 0. The zero-order valence-electron chi connectivity index (χ0n) is 7.58. The summed E-state index contributed by atoms with van der Waals surface area (Å²) >= 11 is 0. The number of halogens is 2. The third-order valence-electron chi connectivity index (χ3n) is 1.68. The van der Waals surface area contributed by atoms with Crippen molar-refractivity contribution in [1.82, 2.24) is 0 Å². The molecule has 1 rings (SSSR count). The van der Waals surface area contributed by atoms with E-state index in [4.69, 9.17) is 5.11 Å². The van der Waals surface area contributed by atoms with Gasteiger partial charge in [0.25, 0.3) is 0 Å². The first-order valence-electron chi connectivity index (χ1n) is 3.78. The summed E-state index contributed by atoms with van der Waals surface area (Å²) in [5, 5.41) is 8.44. The second-order valence-electron chi connectivity index (χ2n) is 2.61. The second kappa shape index (κ2) is 4.04. The first-order valence-corrected chi connectivity index (χ1v) is 3.78. The maximum absolute atomic E-state index is 13.0. The fraction of sp³-hybridized carbons (Fsp3) is 0.111. The maximum atomic E-state index is 13.0. The van der Waals surface area contributed by atoms with Crippen molar-refractivity contribution in [2.75, 3.05) is 7.11 Å². The van der Waals surface area contributed by atoms with Crippen LogP contribution in [0.4, 0.5) is 8.78 Å². The van der Waals surface area contributed by atoms with Crippen molar-refractivity contribution in [2.24, 2.45) is 0 Å². The smallest absolute Gasteiger partial charge is 0.341 e. The van der Waals surface area contributed by atoms with Gasteiger partial charge in [0, 0.05) is 0 Å². The third-order valence-corrected chi connectivity index (χ3v) is 1.68. The van der Waals surface area contributed by atoms with Crippen molar-refractivity contribution < 1.29 is 28.2 Å². The van der Waals surface area contributed by atoms with Gasteiger partial charge in [-0.25, -0.2) is 18.4 Å². The summed E-state index contributed by atoms with van der Waals surface area (Å²) in [5.74, 6) is -5.31. The molecule has 0 aliphatic carbocycles. The van der Waals surface area contributed by atoms with Crippen molar-refractivity contribution in [2.45, 2.75) is 0 Å². The van der Waals surface area contributed by atoms with Crippen LogP contribution >= 0.6 is 0 Å². The molecule has 0 atom stereocenters. The number of rotatable bonds is 2. The summed E-state index contributed by atoms with van der Waals surface area (Å²) in [6.45, 7) is 0. The summed E-state index contributed by atoms with van der Waals surface area (Å²) in [7, 11) is 1.04. The van der Waals surface area contributed by atoms with Gasteiger partial charge in [0.2, 0.25) is 0 Å². The molecule has 0 radical (unpaired) electrons. The van der Waals surface area contributed by atoms with E-state index in [1.807, 2.05) is 0 Å². The largest absolute Gasteiger partial charge is 0.477 e. The topological polar surface area (TPSA) is 63.6 Å². The zero-order valence-corrected chi connectivity index (χ0v) is 7.58. The predicted molar refractivity (Wildman–Crippen MR) is 44.7 cm³/mol. The van der Waals surface area contributed by atoms with Crippen molar-refractivity contribution in [3.63, 3.8) is 0 Å². The van der Waals surface area contributed by atoms with E-state index in [1.165, 1.54) is 0 Å². The van der Waals surface area contributed by atoms with Crippen molar-refractivity contribution in [3.05, 3.63) is 34.9 Å². The number of carbonyl (C=O) groups excluding carboxylic acids is 1. The van der Waals surface area contributed by atoms with E-state index < -0.39 is 29.1 Å². The van der Waals surface area contributed by atoms with Gasteiger partial charge in [0.1, 0.15) is 17.2 Å². The Morgan fingerprint density at radius 2 is 1.73 bits per heavy atom. The van der Waals surface area contributed by atoms with Gasteiger partial charge in [0.05, 0.1) is 12.7 Å². The van der Waals surface area contributed by atoms with E-state index in [0.717, 1.165) is 7.11 Å². The third kappa shape index (κ3) is 2.09. The highest BCUT2D eigenvalue weighted by atomic mass is 19.1. The van der Waals surface area contributed by atoms with E-state index in [1.54, 1.807) is 0 Å². The number of carboxylic acids is 1. The molecule has 0 spiro atoms. The lowest BCUT2D eigenvalue weighted by Crippen LogP contribution is -2.09. The highest BCUT2D eigenvalue weighted by Crippen LogP contribution is 2.16. The van der Waals surface area contributed by atoms with Gasteiger partial charge >= 0.3 is 11.9 Å². The van der Waals surface area contributed by atoms with Gasteiger partial charge in [0.15, 0.2) is 0 Å². The molecule has 0 saturated carbocycles. The van der Waals surface area contributed by atoms with Crippen LogP contribution in [0.5, 0.6) is 0 Å². The molecule has 1 N–H and O–H groups in total. The summed E-state index contributed by atoms with van der Waals surface area (Å²) < 4.78 is 30.3. The fourth-order valence-corrected chi connectivity index (χ4v) is 1.01. The number of hydrogen-bond acceptors (Lipinski definition) is 3. The molecule has 6 heteroatoms. The van der Waals surface area contributed by atoms with Crippen LogP contribution in [-0.2, 0) is 4.74 Å². The molecular formula is C9H6F2O4. The van der Waals surface area contributed by atoms with Crippen LogP contribution in [0.3, 0.4) is 0 Å². The van der Waals surface area contributed by atoms with E-state index in [2.05, 4.69) is 4.74 Å². The standard InChI is InChI=1S/C9H6F2O4/c1-15-9(14)4-2-5(10)7(8(12)13)6(11)3-4/h2-3H,1H3,(H,12,13). The van der Waals surface area contributed by atoms with Crippen molar-refractivity contribution >= 4 is 11.9 Å². The lowest BCUT2D eigenvalue weighted by molar-refractivity contribution is 0.0596. The molecule has 0 saturated heterocycles. The molecule has 0 aliphatic rings. The summed E-state index contributed by atoms with van der Waals surface area (Å²) in [6, 6.07) is 1.22. The average molecular weight is 216 g/mol. The molecular weight excluding hydrogens is 210 g/mol. The lowest BCUT2D eigenvalue weighted by Gasteiger charge is -2.03. The summed E-state index contributed by atoms with van der Waals surface area (Å²) in [5.41, 5.74) is -1.47. The molecule has 0 bridgehead atoms. The van der Waals surface area contributed by atoms with Crippen molar-refractivity contribution in [3.8, 4) is 0 Å². The van der Waals surface area contributed by atoms with Gasteiger partial charge in [-0.05, 0) is 12.1 Å². The van der Waals surface area contributed by atoms with E-state index >= 15 is 0 Å². The Bertz CT molecular complexity index is 405. The molecule has 0 heterocycles. The normalized spacial score (nSPS) is 9.80. The number of methoxy groups -OCH3 is 1.